The van der Waals surface area contributed by atoms with Gasteiger partial charge in [-0.25, -0.2) is 4.68 Å². The molecular weight excluding hydrogens is 278 g/mol. The smallest absolute Gasteiger partial charge is 0.267 e. The third-order valence-electron chi connectivity index (χ3n) is 3.90. The van der Waals surface area contributed by atoms with Gasteiger partial charge in [-0.05, 0) is 50.3 Å². The van der Waals surface area contributed by atoms with Crippen LogP contribution in [0.3, 0.4) is 0 Å². The number of nitrogens with one attached hydrogen (secondary N) is 1. The van der Waals surface area contributed by atoms with E-state index in [1.165, 1.54) is 4.68 Å². The molecular formula is C17H19N3O2. The fourth-order valence-electron chi connectivity index (χ4n) is 2.69. The van der Waals surface area contributed by atoms with Crippen molar-refractivity contribution in [3.63, 3.8) is 0 Å². The molecule has 1 aliphatic carbocycles. The van der Waals surface area contributed by atoms with E-state index < -0.39 is 0 Å². The number of aromatic nitrogens is 2. The number of amides is 1. The Balaban J connectivity index is 1.73. The first-order valence-electron chi connectivity index (χ1n) is 7.58. The van der Waals surface area contributed by atoms with Crippen molar-refractivity contribution >= 4 is 11.6 Å². The first kappa shape index (κ1) is 14.5. The molecule has 3 rings (SSSR count). The van der Waals surface area contributed by atoms with Gasteiger partial charge >= 0.3 is 0 Å². The number of anilines is 1. The average Bonchev–Trinajstić information content (AvgIpc) is 2.50. The zero-order valence-corrected chi connectivity index (χ0v) is 12.6. The van der Waals surface area contributed by atoms with E-state index in [1.807, 2.05) is 31.2 Å². The maximum Gasteiger partial charge on any atom is 0.267 e. The zero-order valence-electron chi connectivity index (χ0n) is 12.6. The van der Waals surface area contributed by atoms with Crippen LogP contribution in [0.25, 0.3) is 0 Å². The molecule has 1 N–H and O–H groups in total. The largest absolute Gasteiger partial charge is 0.324 e. The number of nitrogens with zero attached hydrogens (tertiary/aromatic N) is 2. The Hall–Kier alpha value is -2.43. The second-order valence-corrected chi connectivity index (χ2v) is 5.73. The fraction of sp³-hybridized carbons (Fsp3) is 0.353. The van der Waals surface area contributed by atoms with Gasteiger partial charge in [-0.2, -0.15) is 5.10 Å². The van der Waals surface area contributed by atoms with E-state index in [1.54, 1.807) is 6.07 Å². The Kier molecular flexibility index (Phi) is 4.04. The minimum absolute atomic E-state index is 0.0556. The van der Waals surface area contributed by atoms with Gasteiger partial charge in [0.05, 0.1) is 5.69 Å². The molecule has 22 heavy (non-hydrogen) atoms. The molecule has 1 aliphatic rings. The molecule has 5 heteroatoms. The number of carbonyl (C=O) groups excluding carboxylic acids is 1. The molecule has 0 aliphatic heterocycles. The lowest BCUT2D eigenvalue weighted by Crippen LogP contribution is -2.31. The van der Waals surface area contributed by atoms with Gasteiger partial charge in [0.25, 0.3) is 5.56 Å². The molecule has 1 aromatic carbocycles. The Morgan fingerprint density at radius 2 is 1.95 bits per heavy atom. The third kappa shape index (κ3) is 3.24. The fourth-order valence-corrected chi connectivity index (χ4v) is 2.69. The Morgan fingerprint density at radius 3 is 2.73 bits per heavy atom. The molecule has 1 aromatic heterocycles. The SMILES string of the molecule is Cc1ccc(NC(=O)Cn2nc3c(cc2=O)CCCC3)cc1. The first-order valence-corrected chi connectivity index (χ1v) is 7.58. The zero-order chi connectivity index (χ0) is 15.5. The summed E-state index contributed by atoms with van der Waals surface area (Å²) in [5.74, 6) is -0.241. The second kappa shape index (κ2) is 6.13. The summed E-state index contributed by atoms with van der Waals surface area (Å²) in [6.07, 6.45) is 3.99. The number of fused-ring (bicyclic) bond motifs is 1. The van der Waals surface area contributed by atoms with Crippen LogP contribution in [0.2, 0.25) is 0 Å². The van der Waals surface area contributed by atoms with Crippen molar-refractivity contribution in [3.05, 3.63) is 57.5 Å². The number of benzene rings is 1. The van der Waals surface area contributed by atoms with Gasteiger partial charge in [-0.1, -0.05) is 17.7 Å². The number of carbonyl (C=O) groups is 1. The van der Waals surface area contributed by atoms with Gasteiger partial charge < -0.3 is 5.32 Å². The highest BCUT2D eigenvalue weighted by molar-refractivity contribution is 5.90. The van der Waals surface area contributed by atoms with Crippen molar-refractivity contribution in [2.75, 3.05) is 5.32 Å². The van der Waals surface area contributed by atoms with Gasteiger partial charge in [0.15, 0.2) is 0 Å². The van der Waals surface area contributed by atoms with Gasteiger partial charge in [-0.3, -0.25) is 9.59 Å². The maximum atomic E-state index is 12.1. The molecule has 0 unspecified atom stereocenters. The highest BCUT2D eigenvalue weighted by Gasteiger charge is 2.14. The lowest BCUT2D eigenvalue weighted by molar-refractivity contribution is -0.117. The summed E-state index contributed by atoms with van der Waals surface area (Å²) in [5, 5.41) is 7.14. The van der Waals surface area contributed by atoms with Crippen molar-refractivity contribution < 1.29 is 4.79 Å². The van der Waals surface area contributed by atoms with E-state index in [-0.39, 0.29) is 18.0 Å². The van der Waals surface area contributed by atoms with Gasteiger partial charge in [0.1, 0.15) is 6.54 Å². The molecule has 114 valence electrons. The summed E-state index contributed by atoms with van der Waals surface area (Å²) in [7, 11) is 0. The topological polar surface area (TPSA) is 64.0 Å². The van der Waals surface area contributed by atoms with Crippen LogP contribution in [0.5, 0.6) is 0 Å². The van der Waals surface area contributed by atoms with E-state index in [0.29, 0.717) is 0 Å². The average molecular weight is 297 g/mol. The highest BCUT2D eigenvalue weighted by Crippen LogP contribution is 2.16. The van der Waals surface area contributed by atoms with Crippen LogP contribution < -0.4 is 10.9 Å². The highest BCUT2D eigenvalue weighted by atomic mass is 16.2. The Labute approximate surface area is 129 Å². The van der Waals surface area contributed by atoms with Gasteiger partial charge in [0, 0.05) is 11.8 Å². The van der Waals surface area contributed by atoms with E-state index in [0.717, 1.165) is 48.2 Å². The predicted octanol–water partition coefficient (Wildman–Crippen LogP) is 2.07. The molecule has 0 spiro atoms. The van der Waals surface area contributed by atoms with Crippen LogP contribution in [-0.4, -0.2) is 15.7 Å². The summed E-state index contributed by atoms with van der Waals surface area (Å²) in [6, 6.07) is 9.17. The molecule has 0 bridgehead atoms. The summed E-state index contributed by atoms with van der Waals surface area (Å²) < 4.78 is 1.26. The van der Waals surface area contributed by atoms with Crippen molar-refractivity contribution in [2.24, 2.45) is 0 Å². The molecule has 0 atom stereocenters. The van der Waals surface area contributed by atoms with E-state index in [2.05, 4.69) is 10.4 Å². The summed E-state index contributed by atoms with van der Waals surface area (Å²) in [6.45, 7) is 1.93. The van der Waals surface area contributed by atoms with Crippen molar-refractivity contribution in [1.29, 1.82) is 0 Å². The summed E-state index contributed by atoms with van der Waals surface area (Å²) in [5.41, 5.74) is 3.63. The normalized spacial score (nSPS) is 13.5. The van der Waals surface area contributed by atoms with Crippen LogP contribution in [-0.2, 0) is 24.2 Å². The lowest BCUT2D eigenvalue weighted by atomic mass is 9.97. The molecule has 0 saturated carbocycles. The van der Waals surface area contributed by atoms with Crippen LogP contribution in [0.15, 0.2) is 35.1 Å². The van der Waals surface area contributed by atoms with Crippen molar-refractivity contribution in [3.8, 4) is 0 Å². The predicted molar refractivity (Wildman–Crippen MR) is 84.9 cm³/mol. The number of hydrogen-bond donors (Lipinski definition) is 1. The molecule has 0 saturated heterocycles. The minimum Gasteiger partial charge on any atom is -0.324 e. The van der Waals surface area contributed by atoms with Crippen LogP contribution in [0, 0.1) is 6.92 Å². The monoisotopic (exact) mass is 297 g/mol. The standard InChI is InChI=1S/C17H19N3O2/c1-12-6-8-14(9-7-12)18-16(21)11-20-17(22)10-13-4-2-3-5-15(13)19-20/h6-10H,2-5,11H2,1H3,(H,18,21). The Morgan fingerprint density at radius 1 is 1.23 bits per heavy atom. The van der Waals surface area contributed by atoms with Crippen LogP contribution >= 0.6 is 0 Å². The lowest BCUT2D eigenvalue weighted by Gasteiger charge is -2.15. The van der Waals surface area contributed by atoms with E-state index >= 15 is 0 Å². The van der Waals surface area contributed by atoms with E-state index in [9.17, 15) is 9.59 Å². The molecule has 1 heterocycles. The number of rotatable bonds is 3. The van der Waals surface area contributed by atoms with Gasteiger partial charge in [-0.15, -0.1) is 0 Å². The third-order valence-corrected chi connectivity index (χ3v) is 3.90. The first-order chi connectivity index (χ1) is 10.6. The molecule has 0 fully saturated rings. The number of aryl methyl sites for hydroxylation is 3. The molecule has 1 amide bonds. The molecule has 0 radical (unpaired) electrons. The summed E-state index contributed by atoms with van der Waals surface area (Å²) in [4.78, 5) is 24.1. The molecule has 5 nitrogen and oxygen atoms in total. The summed E-state index contributed by atoms with van der Waals surface area (Å²) >= 11 is 0. The Bertz CT molecular complexity index is 747. The van der Waals surface area contributed by atoms with Crippen molar-refractivity contribution in [2.45, 2.75) is 39.2 Å². The van der Waals surface area contributed by atoms with Crippen LogP contribution in [0.4, 0.5) is 5.69 Å². The minimum atomic E-state index is -0.241. The van der Waals surface area contributed by atoms with E-state index in [4.69, 9.17) is 0 Å². The molecule has 2 aromatic rings. The number of hydrogen-bond acceptors (Lipinski definition) is 3. The second-order valence-electron chi connectivity index (χ2n) is 5.73. The van der Waals surface area contributed by atoms with Crippen LogP contribution in [0.1, 0.15) is 29.7 Å². The van der Waals surface area contributed by atoms with Gasteiger partial charge in [0.2, 0.25) is 5.91 Å². The maximum absolute atomic E-state index is 12.1. The van der Waals surface area contributed by atoms with Crippen molar-refractivity contribution in [1.82, 2.24) is 9.78 Å². The quantitative estimate of drug-likeness (QED) is 0.943.